The number of ether oxygens (including phenoxy) is 1. The van der Waals surface area contributed by atoms with Gasteiger partial charge in [0.25, 0.3) is 5.91 Å². The van der Waals surface area contributed by atoms with Gasteiger partial charge in [-0.15, -0.1) is 0 Å². The number of amides is 1. The summed E-state index contributed by atoms with van der Waals surface area (Å²) in [4.78, 5) is 12.1. The fourth-order valence-electron chi connectivity index (χ4n) is 2.30. The molecular formula is C16H21Cl2FN4O2. The van der Waals surface area contributed by atoms with Gasteiger partial charge in [0.1, 0.15) is 5.83 Å². The molecule has 0 saturated carbocycles. The van der Waals surface area contributed by atoms with Crippen molar-refractivity contribution >= 4 is 29.1 Å². The van der Waals surface area contributed by atoms with Crippen LogP contribution in [-0.2, 0) is 9.53 Å². The monoisotopic (exact) mass is 390 g/mol. The van der Waals surface area contributed by atoms with E-state index < -0.39 is 10.7 Å². The van der Waals surface area contributed by atoms with Crippen LogP contribution in [0, 0.1) is 0 Å². The topological polar surface area (TPSA) is 79.6 Å². The minimum atomic E-state index is -1.14. The Balaban J connectivity index is 1.93. The summed E-state index contributed by atoms with van der Waals surface area (Å²) >= 11 is 10.9. The van der Waals surface area contributed by atoms with Crippen LogP contribution in [0.4, 0.5) is 4.39 Å². The molecule has 6 nitrogen and oxygen atoms in total. The molecule has 0 aromatic heterocycles. The summed E-state index contributed by atoms with van der Waals surface area (Å²) in [6, 6.07) is 0. The van der Waals surface area contributed by atoms with Gasteiger partial charge in [0, 0.05) is 37.1 Å². The molecule has 0 radical (unpaired) electrons. The van der Waals surface area contributed by atoms with Gasteiger partial charge >= 0.3 is 0 Å². The molecular weight excluding hydrogens is 370 g/mol. The molecule has 2 rings (SSSR count). The van der Waals surface area contributed by atoms with Crippen molar-refractivity contribution in [1.82, 2.24) is 15.5 Å². The molecule has 4 N–H and O–H groups in total. The quantitative estimate of drug-likeness (QED) is 0.601. The summed E-state index contributed by atoms with van der Waals surface area (Å²) in [7, 11) is 0. The Morgan fingerprint density at radius 3 is 2.80 bits per heavy atom. The summed E-state index contributed by atoms with van der Waals surface area (Å²) in [6.45, 7) is 2.62. The van der Waals surface area contributed by atoms with E-state index in [0.717, 1.165) is 5.70 Å². The highest BCUT2D eigenvalue weighted by Gasteiger charge is 2.18. The van der Waals surface area contributed by atoms with Crippen molar-refractivity contribution in [3.05, 3.63) is 47.3 Å². The summed E-state index contributed by atoms with van der Waals surface area (Å²) in [5.74, 6) is -0.772. The SMILES string of the molecule is N/C(=C\NC1=CC=C(N2CCOCC2)C(F)=CC1)CNC(=O)C(Cl)Cl. The number of nitrogens with one attached hydrogen (secondary N) is 2. The van der Waals surface area contributed by atoms with E-state index in [1.807, 2.05) is 11.0 Å². The highest BCUT2D eigenvalue weighted by molar-refractivity contribution is 6.53. The number of hydrogen-bond donors (Lipinski definition) is 3. The lowest BCUT2D eigenvalue weighted by molar-refractivity contribution is -0.119. The fourth-order valence-corrected chi connectivity index (χ4v) is 2.46. The molecule has 0 spiro atoms. The number of allylic oxidation sites excluding steroid dienone is 4. The Morgan fingerprint density at radius 1 is 1.40 bits per heavy atom. The summed E-state index contributed by atoms with van der Waals surface area (Å²) in [6.07, 6.45) is 7.01. The van der Waals surface area contributed by atoms with Crippen LogP contribution in [0.2, 0.25) is 0 Å². The van der Waals surface area contributed by atoms with Crippen molar-refractivity contribution in [2.75, 3.05) is 32.8 Å². The van der Waals surface area contributed by atoms with Crippen molar-refractivity contribution in [2.45, 2.75) is 11.3 Å². The molecule has 1 aliphatic carbocycles. The molecule has 1 fully saturated rings. The van der Waals surface area contributed by atoms with Crippen molar-refractivity contribution in [3.8, 4) is 0 Å². The van der Waals surface area contributed by atoms with Crippen LogP contribution in [0.25, 0.3) is 0 Å². The maximum Gasteiger partial charge on any atom is 0.253 e. The van der Waals surface area contributed by atoms with Gasteiger partial charge in [0.15, 0.2) is 4.84 Å². The molecule has 0 aromatic rings. The van der Waals surface area contributed by atoms with Crippen LogP contribution in [0.3, 0.4) is 0 Å². The number of halogens is 3. The first-order chi connectivity index (χ1) is 12.0. The van der Waals surface area contributed by atoms with Crippen molar-refractivity contribution < 1.29 is 13.9 Å². The standard InChI is InChI=1S/C16H21Cl2FN4O2/c17-15(18)16(24)22-10-11(20)9-21-12-1-3-13(19)14(4-2-12)23-5-7-25-8-6-23/h2-4,9,15,21H,1,5-8,10,20H2,(H,22,24)/b11-9-. The molecule has 9 heteroatoms. The third-order valence-electron chi connectivity index (χ3n) is 3.65. The molecule has 0 unspecified atom stereocenters. The lowest BCUT2D eigenvalue weighted by Crippen LogP contribution is -2.35. The Bertz CT molecular complexity index is 611. The molecule has 2 aliphatic rings. The van der Waals surface area contributed by atoms with E-state index in [9.17, 15) is 9.18 Å². The van der Waals surface area contributed by atoms with Crippen LogP contribution in [0.1, 0.15) is 6.42 Å². The summed E-state index contributed by atoms with van der Waals surface area (Å²) < 4.78 is 19.6. The number of nitrogens with zero attached hydrogens (tertiary/aromatic N) is 1. The van der Waals surface area contributed by atoms with Crippen LogP contribution in [0.5, 0.6) is 0 Å². The van der Waals surface area contributed by atoms with Gasteiger partial charge in [-0.05, 0) is 18.2 Å². The van der Waals surface area contributed by atoms with Crippen LogP contribution in [0.15, 0.2) is 47.3 Å². The predicted molar refractivity (Wildman–Crippen MR) is 96.3 cm³/mol. The first kappa shape index (κ1) is 19.6. The second kappa shape index (κ2) is 9.70. The highest BCUT2D eigenvalue weighted by atomic mass is 35.5. The zero-order chi connectivity index (χ0) is 18.2. The normalized spacial score (nSPS) is 19.0. The van der Waals surface area contributed by atoms with Gasteiger partial charge < -0.3 is 26.0 Å². The third kappa shape index (κ3) is 6.26. The molecule has 1 amide bonds. The molecule has 0 aromatic carbocycles. The molecule has 0 bridgehead atoms. The van der Waals surface area contributed by atoms with Crippen LogP contribution in [-0.4, -0.2) is 48.5 Å². The van der Waals surface area contributed by atoms with E-state index >= 15 is 0 Å². The van der Waals surface area contributed by atoms with Gasteiger partial charge in [0.2, 0.25) is 0 Å². The number of morpholine rings is 1. The fraction of sp³-hybridized carbons (Fsp3) is 0.438. The van der Waals surface area contributed by atoms with E-state index in [0.29, 0.717) is 44.1 Å². The molecule has 1 heterocycles. The Labute approximate surface area is 156 Å². The highest BCUT2D eigenvalue weighted by Crippen LogP contribution is 2.22. The first-order valence-electron chi connectivity index (χ1n) is 7.84. The third-order valence-corrected chi connectivity index (χ3v) is 4.04. The van der Waals surface area contributed by atoms with E-state index in [1.54, 1.807) is 12.3 Å². The average molecular weight is 391 g/mol. The second-order valence-electron chi connectivity index (χ2n) is 5.48. The molecule has 25 heavy (non-hydrogen) atoms. The first-order valence-corrected chi connectivity index (χ1v) is 8.71. The van der Waals surface area contributed by atoms with Gasteiger partial charge in [-0.3, -0.25) is 4.79 Å². The van der Waals surface area contributed by atoms with Crippen molar-refractivity contribution in [3.63, 3.8) is 0 Å². The number of alkyl halides is 2. The van der Waals surface area contributed by atoms with Crippen LogP contribution < -0.4 is 16.4 Å². The van der Waals surface area contributed by atoms with E-state index in [2.05, 4.69) is 10.6 Å². The maximum absolute atomic E-state index is 14.3. The summed E-state index contributed by atoms with van der Waals surface area (Å²) in [5, 5.41) is 5.50. The molecule has 0 atom stereocenters. The Kier molecular flexibility index (Phi) is 7.61. The smallest absolute Gasteiger partial charge is 0.253 e. The number of carbonyl (C=O) groups excluding carboxylic acids is 1. The largest absolute Gasteiger partial charge is 0.399 e. The minimum Gasteiger partial charge on any atom is -0.399 e. The zero-order valence-electron chi connectivity index (χ0n) is 13.6. The lowest BCUT2D eigenvalue weighted by Gasteiger charge is -2.30. The average Bonchev–Trinajstić information content (AvgIpc) is 2.80. The summed E-state index contributed by atoms with van der Waals surface area (Å²) in [5.41, 5.74) is 7.51. The van der Waals surface area contributed by atoms with Crippen molar-refractivity contribution in [2.24, 2.45) is 5.73 Å². The molecule has 1 aliphatic heterocycles. The van der Waals surface area contributed by atoms with Gasteiger partial charge in [-0.2, -0.15) is 0 Å². The Hall–Kier alpha value is -1.70. The zero-order valence-corrected chi connectivity index (χ0v) is 15.1. The van der Waals surface area contributed by atoms with Gasteiger partial charge in [-0.1, -0.05) is 23.2 Å². The molecule has 1 saturated heterocycles. The number of hydrogen-bond acceptors (Lipinski definition) is 5. The number of rotatable bonds is 6. The Morgan fingerprint density at radius 2 is 2.12 bits per heavy atom. The van der Waals surface area contributed by atoms with Crippen molar-refractivity contribution in [1.29, 1.82) is 0 Å². The van der Waals surface area contributed by atoms with E-state index in [1.165, 1.54) is 6.08 Å². The second-order valence-corrected chi connectivity index (χ2v) is 6.58. The number of nitrogens with two attached hydrogens (primary N) is 1. The number of carbonyl (C=O) groups is 1. The van der Waals surface area contributed by atoms with E-state index in [-0.39, 0.29) is 12.4 Å². The van der Waals surface area contributed by atoms with Crippen LogP contribution >= 0.6 is 23.2 Å². The maximum atomic E-state index is 14.3. The van der Waals surface area contributed by atoms with E-state index in [4.69, 9.17) is 33.7 Å². The lowest BCUT2D eigenvalue weighted by atomic mass is 10.2. The predicted octanol–water partition coefficient (Wildman–Crippen LogP) is 1.65. The van der Waals surface area contributed by atoms with Gasteiger partial charge in [-0.25, -0.2) is 4.39 Å². The minimum absolute atomic E-state index is 0.105. The van der Waals surface area contributed by atoms with Gasteiger partial charge in [0.05, 0.1) is 25.5 Å². The molecule has 138 valence electrons.